The van der Waals surface area contributed by atoms with E-state index in [1.54, 1.807) is 18.3 Å². The maximum atomic E-state index is 10.6. The fourth-order valence-corrected chi connectivity index (χ4v) is 1.84. The van der Waals surface area contributed by atoms with Gasteiger partial charge in [-0.25, -0.2) is 4.98 Å². The zero-order valence-corrected chi connectivity index (χ0v) is 10.5. The van der Waals surface area contributed by atoms with Crippen LogP contribution >= 0.6 is 0 Å². The molecule has 0 saturated heterocycles. The number of nitro groups is 1. The number of nitrogens with one attached hydrogen (secondary N) is 1. The summed E-state index contributed by atoms with van der Waals surface area (Å²) in [5.41, 5.74) is 1.20. The van der Waals surface area contributed by atoms with Crippen molar-refractivity contribution in [2.45, 2.75) is 25.9 Å². The normalized spacial score (nSPS) is 12.3. The van der Waals surface area contributed by atoms with E-state index in [4.69, 9.17) is 0 Å². The standard InChI is InChI=1S/C13H15N3O3/c1-2-3-12-14-8-11(15-12)13(17)9-4-6-10(7-5-9)16(18)19/h4-8,13,17H,2-3H2,1H3,(H,14,15). The number of non-ortho nitro benzene ring substituents is 1. The maximum absolute atomic E-state index is 10.6. The van der Waals surface area contributed by atoms with Crippen molar-refractivity contribution in [2.24, 2.45) is 0 Å². The lowest BCUT2D eigenvalue weighted by Crippen LogP contribution is -2.00. The van der Waals surface area contributed by atoms with Crippen LogP contribution < -0.4 is 0 Å². The summed E-state index contributed by atoms with van der Waals surface area (Å²) in [5.74, 6) is 0.832. The molecule has 0 spiro atoms. The van der Waals surface area contributed by atoms with Gasteiger partial charge >= 0.3 is 0 Å². The summed E-state index contributed by atoms with van der Waals surface area (Å²) in [6.07, 6.45) is 2.55. The van der Waals surface area contributed by atoms with Gasteiger partial charge in [0, 0.05) is 18.6 Å². The molecule has 2 N–H and O–H groups in total. The van der Waals surface area contributed by atoms with Gasteiger partial charge in [0.15, 0.2) is 0 Å². The molecule has 1 heterocycles. The van der Waals surface area contributed by atoms with Crippen molar-refractivity contribution in [3.8, 4) is 0 Å². The van der Waals surface area contributed by atoms with Gasteiger partial charge in [-0.3, -0.25) is 10.1 Å². The highest BCUT2D eigenvalue weighted by Crippen LogP contribution is 2.22. The monoisotopic (exact) mass is 261 g/mol. The van der Waals surface area contributed by atoms with Crippen LogP contribution in [0.25, 0.3) is 0 Å². The maximum Gasteiger partial charge on any atom is 0.269 e. The van der Waals surface area contributed by atoms with E-state index in [9.17, 15) is 15.2 Å². The second kappa shape index (κ2) is 5.62. The molecular formula is C13H15N3O3. The molecule has 0 radical (unpaired) electrons. The molecule has 1 aromatic heterocycles. The number of hydrogen-bond acceptors (Lipinski definition) is 4. The molecule has 0 aliphatic carbocycles. The molecule has 2 aromatic rings. The van der Waals surface area contributed by atoms with Crippen LogP contribution in [0.2, 0.25) is 0 Å². The first-order valence-electron chi connectivity index (χ1n) is 6.08. The summed E-state index contributed by atoms with van der Waals surface area (Å²) in [6, 6.07) is 5.84. The fraction of sp³-hybridized carbons (Fsp3) is 0.308. The number of aromatic nitrogens is 2. The largest absolute Gasteiger partial charge is 0.382 e. The molecule has 0 aliphatic heterocycles. The van der Waals surface area contributed by atoms with E-state index < -0.39 is 11.0 Å². The van der Waals surface area contributed by atoms with E-state index >= 15 is 0 Å². The van der Waals surface area contributed by atoms with Crippen LogP contribution in [0.1, 0.15) is 36.5 Å². The third kappa shape index (κ3) is 2.97. The Morgan fingerprint density at radius 2 is 2.11 bits per heavy atom. The van der Waals surface area contributed by atoms with E-state index in [0.717, 1.165) is 18.7 Å². The molecule has 2 rings (SSSR count). The van der Waals surface area contributed by atoms with Crippen LogP contribution in [0, 0.1) is 10.1 Å². The Hall–Kier alpha value is -2.21. The zero-order valence-electron chi connectivity index (χ0n) is 10.5. The average Bonchev–Trinajstić information content (AvgIpc) is 2.87. The highest BCUT2D eigenvalue weighted by Gasteiger charge is 2.14. The summed E-state index contributed by atoms with van der Waals surface area (Å²) in [5, 5.41) is 20.7. The lowest BCUT2D eigenvalue weighted by molar-refractivity contribution is -0.384. The average molecular weight is 261 g/mol. The molecule has 1 aromatic carbocycles. The van der Waals surface area contributed by atoms with Gasteiger partial charge < -0.3 is 10.1 Å². The number of hydrogen-bond donors (Lipinski definition) is 2. The number of aryl methyl sites for hydroxylation is 1. The van der Waals surface area contributed by atoms with Gasteiger partial charge in [0.1, 0.15) is 11.9 Å². The van der Waals surface area contributed by atoms with Crippen LogP contribution in [0.15, 0.2) is 30.5 Å². The highest BCUT2D eigenvalue weighted by atomic mass is 16.6. The summed E-state index contributed by atoms with van der Waals surface area (Å²) < 4.78 is 0. The first-order chi connectivity index (χ1) is 9.11. The van der Waals surface area contributed by atoms with Crippen LogP contribution in [0.3, 0.4) is 0 Å². The van der Waals surface area contributed by atoms with Crippen molar-refractivity contribution >= 4 is 5.69 Å². The Labute approximate surface area is 110 Å². The van der Waals surface area contributed by atoms with Crippen LogP contribution in [0.4, 0.5) is 5.69 Å². The molecule has 19 heavy (non-hydrogen) atoms. The number of aromatic amines is 1. The van der Waals surface area contributed by atoms with Crippen molar-refractivity contribution in [3.05, 3.63) is 57.7 Å². The molecule has 0 saturated carbocycles. The van der Waals surface area contributed by atoms with Crippen molar-refractivity contribution < 1.29 is 10.0 Å². The first-order valence-corrected chi connectivity index (χ1v) is 6.08. The van der Waals surface area contributed by atoms with Crippen molar-refractivity contribution in [1.82, 2.24) is 9.97 Å². The van der Waals surface area contributed by atoms with Gasteiger partial charge in [0.2, 0.25) is 0 Å². The van der Waals surface area contributed by atoms with Gasteiger partial charge in [-0.1, -0.05) is 6.92 Å². The Morgan fingerprint density at radius 1 is 1.42 bits per heavy atom. The smallest absolute Gasteiger partial charge is 0.269 e. The third-order valence-corrected chi connectivity index (χ3v) is 2.85. The molecule has 6 nitrogen and oxygen atoms in total. The van der Waals surface area contributed by atoms with Gasteiger partial charge in [0.25, 0.3) is 5.69 Å². The minimum atomic E-state index is -0.848. The number of imidazole rings is 1. The Kier molecular flexibility index (Phi) is 3.91. The van der Waals surface area contributed by atoms with E-state index in [1.165, 1.54) is 12.1 Å². The van der Waals surface area contributed by atoms with Crippen LogP contribution in [0.5, 0.6) is 0 Å². The third-order valence-electron chi connectivity index (χ3n) is 2.85. The van der Waals surface area contributed by atoms with Gasteiger partial charge in [0.05, 0.1) is 16.8 Å². The topological polar surface area (TPSA) is 92.1 Å². The fourth-order valence-electron chi connectivity index (χ4n) is 1.84. The number of rotatable bonds is 5. The number of aliphatic hydroxyl groups excluding tert-OH is 1. The van der Waals surface area contributed by atoms with E-state index in [-0.39, 0.29) is 5.69 Å². The first kappa shape index (κ1) is 13.2. The number of nitro benzene ring substituents is 1. The SMILES string of the molecule is CCCc1ncc(C(O)c2ccc([N+](=O)[O-])cc2)[nH]1. The van der Waals surface area contributed by atoms with E-state index in [1.807, 2.05) is 0 Å². The minimum absolute atomic E-state index is 0.00670. The molecule has 6 heteroatoms. The number of nitrogens with zero attached hydrogens (tertiary/aromatic N) is 2. The Balaban J connectivity index is 2.17. The Morgan fingerprint density at radius 3 is 2.68 bits per heavy atom. The van der Waals surface area contributed by atoms with Gasteiger partial charge in [-0.05, 0) is 24.1 Å². The van der Waals surface area contributed by atoms with Crippen molar-refractivity contribution in [2.75, 3.05) is 0 Å². The zero-order chi connectivity index (χ0) is 13.8. The molecule has 0 amide bonds. The predicted octanol–water partition coefficient (Wildman–Crippen LogP) is 2.35. The molecule has 0 aliphatic rings. The second-order valence-electron chi connectivity index (χ2n) is 4.29. The van der Waals surface area contributed by atoms with Gasteiger partial charge in [-0.2, -0.15) is 0 Å². The van der Waals surface area contributed by atoms with Gasteiger partial charge in [-0.15, -0.1) is 0 Å². The summed E-state index contributed by atoms with van der Waals surface area (Å²) in [7, 11) is 0. The van der Waals surface area contributed by atoms with Crippen molar-refractivity contribution in [1.29, 1.82) is 0 Å². The predicted molar refractivity (Wildman–Crippen MR) is 69.7 cm³/mol. The highest BCUT2D eigenvalue weighted by molar-refractivity contribution is 5.35. The molecule has 1 atom stereocenters. The van der Waals surface area contributed by atoms with Crippen LogP contribution in [-0.4, -0.2) is 20.0 Å². The summed E-state index contributed by atoms with van der Waals surface area (Å²) in [4.78, 5) is 17.3. The molecule has 1 unspecified atom stereocenters. The summed E-state index contributed by atoms with van der Waals surface area (Å²) >= 11 is 0. The van der Waals surface area contributed by atoms with E-state index in [0.29, 0.717) is 11.3 Å². The van der Waals surface area contributed by atoms with Crippen molar-refractivity contribution in [3.63, 3.8) is 0 Å². The molecule has 0 fully saturated rings. The second-order valence-corrected chi connectivity index (χ2v) is 4.29. The molecule has 100 valence electrons. The number of aliphatic hydroxyl groups is 1. The lowest BCUT2D eigenvalue weighted by atomic mass is 10.1. The van der Waals surface area contributed by atoms with Crippen LogP contribution in [-0.2, 0) is 6.42 Å². The number of benzene rings is 1. The Bertz CT molecular complexity index is 563. The van der Waals surface area contributed by atoms with E-state index in [2.05, 4.69) is 16.9 Å². The number of H-pyrrole nitrogens is 1. The quantitative estimate of drug-likeness (QED) is 0.638. The summed E-state index contributed by atoms with van der Waals surface area (Å²) in [6.45, 7) is 2.05. The molecular weight excluding hydrogens is 246 g/mol. The molecule has 0 bridgehead atoms. The minimum Gasteiger partial charge on any atom is -0.382 e. The lowest BCUT2D eigenvalue weighted by Gasteiger charge is -2.08.